The van der Waals surface area contributed by atoms with Crippen molar-refractivity contribution in [3.8, 4) is 0 Å². The molecule has 0 aliphatic carbocycles. The summed E-state index contributed by atoms with van der Waals surface area (Å²) in [6.45, 7) is 0. The Kier molecular flexibility index (Phi) is 32.0. The number of halogens is 16. The molecule has 0 aromatic rings. The van der Waals surface area contributed by atoms with E-state index in [1.165, 1.54) is 0 Å². The zero-order valence-corrected chi connectivity index (χ0v) is 30.0. The van der Waals surface area contributed by atoms with Crippen LogP contribution in [0.5, 0.6) is 0 Å². The van der Waals surface area contributed by atoms with Crippen molar-refractivity contribution < 1.29 is 62.0 Å². The van der Waals surface area contributed by atoms with Gasteiger partial charge in [-0.2, -0.15) is 0 Å². The monoisotopic (exact) mass is 919 g/mol. The van der Waals surface area contributed by atoms with E-state index in [4.69, 9.17) is 136 Å². The first kappa shape index (κ1) is 35.6. The third kappa shape index (κ3) is 248. The molecule has 20 heteroatoms. The van der Waals surface area contributed by atoms with E-state index in [1.54, 1.807) is 0 Å². The van der Waals surface area contributed by atoms with Gasteiger partial charge in [-0.3, -0.25) is 0 Å². The fourth-order valence-electron chi connectivity index (χ4n) is 0. The average Bonchev–Trinajstić information content (AvgIpc) is 1.62. The molecule has 0 radical (unpaired) electrons. The Morgan fingerprint density at radius 3 is 0.200 bits per heavy atom. The van der Waals surface area contributed by atoms with Crippen molar-refractivity contribution in [3.05, 3.63) is 0 Å². The topological polar surface area (TPSA) is 0 Å². The van der Waals surface area contributed by atoms with Crippen molar-refractivity contribution in [3.63, 3.8) is 0 Å². The molecule has 0 aliphatic heterocycles. The normalized spacial score (nSPS) is 12.0. The molecular formula is Cl16Zr4. The fraction of sp³-hybridized carbons (Fsp3) is 0. The maximum absolute atomic E-state index is 5.04. The summed E-state index contributed by atoms with van der Waals surface area (Å²) < 4.78 is 0. The van der Waals surface area contributed by atoms with E-state index < -0.39 is 62.0 Å². The van der Waals surface area contributed by atoms with Crippen LogP contribution < -0.4 is 0 Å². The van der Waals surface area contributed by atoms with E-state index >= 15 is 0 Å². The second-order valence-electron chi connectivity index (χ2n) is 1.71. The maximum atomic E-state index is 5.04. The predicted molar refractivity (Wildman–Crippen MR) is 93.6 cm³/mol. The quantitative estimate of drug-likeness (QED) is 0.227. The Labute approximate surface area is 192 Å². The number of hydrogen-bond acceptors (Lipinski definition) is 0. The summed E-state index contributed by atoms with van der Waals surface area (Å²) >= 11 is -13.2. The van der Waals surface area contributed by atoms with Crippen molar-refractivity contribution in [1.82, 2.24) is 0 Å². The molecule has 0 atom stereocenters. The molecule has 0 aromatic heterocycles. The van der Waals surface area contributed by atoms with Gasteiger partial charge in [-0.1, -0.05) is 0 Å². The molecule has 128 valence electrons. The van der Waals surface area contributed by atoms with Gasteiger partial charge in [0.2, 0.25) is 0 Å². The van der Waals surface area contributed by atoms with Gasteiger partial charge >= 0.3 is 198 Å². The summed E-state index contributed by atoms with van der Waals surface area (Å²) in [6, 6.07) is 0. The Bertz CT molecular complexity index is 124. The molecule has 0 N–H and O–H groups in total. The minimum atomic E-state index is -3.29. The van der Waals surface area contributed by atoms with E-state index in [-0.39, 0.29) is 0 Å². The molecule has 0 saturated heterocycles. The first-order chi connectivity index (χ1) is 8.00. The van der Waals surface area contributed by atoms with Crippen LogP contribution >= 0.6 is 136 Å². The van der Waals surface area contributed by atoms with E-state index in [9.17, 15) is 0 Å². The predicted octanol–water partition coefficient (Wildman–Crippen LogP) is 11.0. The van der Waals surface area contributed by atoms with Crippen LogP contribution in [0.15, 0.2) is 0 Å². The molecular weight excluding hydrogens is 932 g/mol. The average molecular weight is 932 g/mol. The van der Waals surface area contributed by atoms with Crippen molar-refractivity contribution in [2.45, 2.75) is 0 Å². The SMILES string of the molecule is [Cl][Zr]([Cl])([Cl])[Cl].[Cl][Zr]([Cl])([Cl])[Cl].[Cl][Zr]([Cl])([Cl])[Cl].[Cl][Zr]([Cl])([Cl])[Cl]. The van der Waals surface area contributed by atoms with Crippen LogP contribution in [0.1, 0.15) is 0 Å². The Balaban J connectivity index is -0.0000000853. The Morgan fingerprint density at radius 2 is 0.200 bits per heavy atom. The Hall–Kier alpha value is 8.17. The zero-order valence-electron chi connectivity index (χ0n) is 8.05. The van der Waals surface area contributed by atoms with Crippen LogP contribution in [-0.4, -0.2) is 0 Å². The summed E-state index contributed by atoms with van der Waals surface area (Å²) in [7, 11) is 80.6. The van der Waals surface area contributed by atoms with Gasteiger partial charge in [0.1, 0.15) is 0 Å². The van der Waals surface area contributed by atoms with E-state index in [1.807, 2.05) is 0 Å². The zero-order chi connectivity index (χ0) is 18.0. The molecule has 0 aliphatic rings. The molecule has 0 aromatic carbocycles. The van der Waals surface area contributed by atoms with Crippen LogP contribution in [0.3, 0.4) is 0 Å². The van der Waals surface area contributed by atoms with Crippen LogP contribution in [0.4, 0.5) is 0 Å². The van der Waals surface area contributed by atoms with E-state index in [0.29, 0.717) is 0 Å². The molecule has 0 spiro atoms. The summed E-state index contributed by atoms with van der Waals surface area (Å²) in [4.78, 5) is 0. The fourth-order valence-corrected chi connectivity index (χ4v) is 0. The van der Waals surface area contributed by atoms with Crippen molar-refractivity contribution in [1.29, 1.82) is 0 Å². The summed E-state index contributed by atoms with van der Waals surface area (Å²) in [6.07, 6.45) is 0. The Morgan fingerprint density at radius 1 is 0.200 bits per heavy atom. The van der Waals surface area contributed by atoms with Gasteiger partial charge < -0.3 is 0 Å². The molecule has 0 amide bonds. The standard InChI is InChI=1S/16ClH.4Zr/h16*1H;;;;/q;;;;;;;;;;;;;;;;4*+4/p-16. The molecule has 0 heterocycles. The van der Waals surface area contributed by atoms with Gasteiger partial charge in [-0.15, -0.1) is 0 Å². The van der Waals surface area contributed by atoms with Crippen LogP contribution in [-0.2, 0) is 62.0 Å². The summed E-state index contributed by atoms with van der Waals surface area (Å²) in [5, 5.41) is 0. The van der Waals surface area contributed by atoms with Crippen molar-refractivity contribution >= 4 is 136 Å². The number of hydrogen-bond donors (Lipinski definition) is 0. The summed E-state index contributed by atoms with van der Waals surface area (Å²) in [5.41, 5.74) is 0. The molecule has 0 rings (SSSR count). The minimum absolute atomic E-state index is 3.29. The second-order valence-corrected chi connectivity index (χ2v) is 91.3. The molecule has 0 nitrogen and oxygen atoms in total. The molecule has 0 bridgehead atoms. The molecule has 0 unspecified atom stereocenters. The molecule has 0 fully saturated rings. The van der Waals surface area contributed by atoms with Gasteiger partial charge in [-0.05, 0) is 0 Å². The van der Waals surface area contributed by atoms with E-state index in [0.717, 1.165) is 0 Å². The third-order valence-electron chi connectivity index (χ3n) is 0. The summed E-state index contributed by atoms with van der Waals surface area (Å²) in [5.74, 6) is 0. The van der Waals surface area contributed by atoms with Gasteiger partial charge in [0.05, 0.1) is 0 Å². The first-order valence-electron chi connectivity index (χ1n) is 3.02. The van der Waals surface area contributed by atoms with E-state index in [2.05, 4.69) is 0 Å². The molecule has 20 heavy (non-hydrogen) atoms. The van der Waals surface area contributed by atoms with Crippen LogP contribution in [0.25, 0.3) is 0 Å². The van der Waals surface area contributed by atoms with Gasteiger partial charge in [0.25, 0.3) is 0 Å². The third-order valence-corrected chi connectivity index (χ3v) is 0. The molecule has 0 saturated carbocycles. The first-order valence-corrected chi connectivity index (χ1v) is 53.7. The second kappa shape index (κ2) is 18.0. The van der Waals surface area contributed by atoms with Crippen molar-refractivity contribution in [2.75, 3.05) is 0 Å². The van der Waals surface area contributed by atoms with Gasteiger partial charge in [0.15, 0.2) is 0 Å². The van der Waals surface area contributed by atoms with Crippen molar-refractivity contribution in [2.24, 2.45) is 0 Å². The number of rotatable bonds is 0. The van der Waals surface area contributed by atoms with Gasteiger partial charge in [0, 0.05) is 0 Å². The van der Waals surface area contributed by atoms with Crippen LogP contribution in [0, 0.1) is 0 Å². The van der Waals surface area contributed by atoms with Crippen LogP contribution in [0.2, 0.25) is 0 Å². The van der Waals surface area contributed by atoms with Gasteiger partial charge in [-0.25, -0.2) is 0 Å².